The number of halogens is 1. The van der Waals surface area contributed by atoms with E-state index in [9.17, 15) is 0 Å². The molecule has 2 heteroatoms. The summed E-state index contributed by atoms with van der Waals surface area (Å²) in [4.78, 5) is 0. The van der Waals surface area contributed by atoms with Gasteiger partial charge in [-0.1, -0.05) is 0 Å². The first-order valence-electron chi connectivity index (χ1n) is 2.70. The van der Waals surface area contributed by atoms with E-state index >= 15 is 0 Å². The van der Waals surface area contributed by atoms with E-state index in [1.54, 1.807) is 0 Å². The standard InChI is InChI=1S/C5H10IS/c7-6-5-3-1-2-4-5/h5,7H,1-4H2/q-1. The van der Waals surface area contributed by atoms with E-state index in [2.05, 4.69) is 9.80 Å². The molecule has 0 spiro atoms. The molecule has 0 nitrogen and oxygen atoms in total. The summed E-state index contributed by atoms with van der Waals surface area (Å²) < 4.78 is 1.07. The van der Waals surface area contributed by atoms with Gasteiger partial charge >= 0.3 is 59.2 Å². The molecular weight excluding hydrogens is 219 g/mol. The molecule has 1 saturated carbocycles. The zero-order valence-electron chi connectivity index (χ0n) is 4.23. The van der Waals surface area contributed by atoms with Crippen LogP contribution in [0.25, 0.3) is 0 Å². The summed E-state index contributed by atoms with van der Waals surface area (Å²) in [7, 11) is 4.33. The average molecular weight is 229 g/mol. The molecule has 7 heavy (non-hydrogen) atoms. The van der Waals surface area contributed by atoms with Gasteiger partial charge in [0, 0.05) is 0 Å². The van der Waals surface area contributed by atoms with Crippen molar-refractivity contribution < 1.29 is 19.8 Å². The molecule has 1 fully saturated rings. The molecule has 1 rings (SSSR count). The Labute approximate surface area is 59.2 Å². The Morgan fingerprint density at radius 3 is 2.14 bits per heavy atom. The fourth-order valence-corrected chi connectivity index (χ4v) is 3.72. The monoisotopic (exact) mass is 229 g/mol. The first-order valence-corrected chi connectivity index (χ1v) is 7.18. The molecule has 0 bridgehead atoms. The fourth-order valence-electron chi connectivity index (χ4n) is 0.974. The summed E-state index contributed by atoms with van der Waals surface area (Å²) in [5.74, 6) is 0. The van der Waals surface area contributed by atoms with Crippen molar-refractivity contribution in [3.8, 4) is 0 Å². The topological polar surface area (TPSA) is 0 Å². The number of thiol groups is 1. The van der Waals surface area contributed by atoms with E-state index in [0.29, 0.717) is 19.8 Å². The van der Waals surface area contributed by atoms with Crippen LogP contribution in [0.4, 0.5) is 0 Å². The predicted molar refractivity (Wildman–Crippen MR) is 31.2 cm³/mol. The Bertz CT molecular complexity index is 50.0. The molecule has 0 aromatic heterocycles. The molecule has 1 aliphatic carbocycles. The van der Waals surface area contributed by atoms with Gasteiger partial charge in [0.1, 0.15) is 0 Å². The molecule has 0 amide bonds. The van der Waals surface area contributed by atoms with Crippen LogP contribution in [0.1, 0.15) is 25.7 Å². The summed E-state index contributed by atoms with van der Waals surface area (Å²) in [6.45, 7) is 0. The molecule has 0 aliphatic heterocycles. The third kappa shape index (κ3) is 1.80. The van der Waals surface area contributed by atoms with Crippen molar-refractivity contribution in [3.63, 3.8) is 0 Å². The van der Waals surface area contributed by atoms with Crippen LogP contribution in [-0.4, -0.2) is 3.92 Å². The van der Waals surface area contributed by atoms with Crippen molar-refractivity contribution in [1.29, 1.82) is 0 Å². The van der Waals surface area contributed by atoms with Gasteiger partial charge in [-0.15, -0.1) is 0 Å². The average Bonchev–Trinajstić information content (AvgIpc) is 2.14. The molecule has 1 aliphatic rings. The third-order valence-electron chi connectivity index (χ3n) is 1.42. The van der Waals surface area contributed by atoms with Crippen LogP contribution < -0.4 is 19.8 Å². The van der Waals surface area contributed by atoms with Gasteiger partial charge in [-0.3, -0.25) is 0 Å². The van der Waals surface area contributed by atoms with Crippen molar-refractivity contribution in [2.75, 3.05) is 0 Å². The maximum absolute atomic E-state index is 4.33. The molecule has 0 aromatic rings. The Morgan fingerprint density at radius 2 is 1.86 bits per heavy atom. The van der Waals surface area contributed by atoms with E-state index in [4.69, 9.17) is 0 Å². The minimum absolute atomic E-state index is 0.298. The number of hydrogen-bond donors (Lipinski definition) is 1. The Hall–Kier alpha value is 1.08. The van der Waals surface area contributed by atoms with Crippen molar-refractivity contribution in [1.82, 2.24) is 0 Å². The Kier molecular flexibility index (Phi) is 2.81. The number of hydrogen-bond acceptors (Lipinski definition) is 1. The predicted octanol–water partition coefficient (Wildman–Crippen LogP) is -1.14. The summed E-state index contributed by atoms with van der Waals surface area (Å²) in [6, 6.07) is 0. The van der Waals surface area contributed by atoms with Gasteiger partial charge in [0.25, 0.3) is 0 Å². The van der Waals surface area contributed by atoms with Crippen LogP contribution in [0.15, 0.2) is 0 Å². The molecule has 0 aromatic carbocycles. The quantitative estimate of drug-likeness (QED) is 0.328. The van der Waals surface area contributed by atoms with Crippen molar-refractivity contribution in [2.45, 2.75) is 29.6 Å². The first-order chi connectivity index (χ1) is 3.43. The Morgan fingerprint density at radius 1 is 1.29 bits per heavy atom. The van der Waals surface area contributed by atoms with Gasteiger partial charge in [0.05, 0.1) is 0 Å². The zero-order chi connectivity index (χ0) is 5.11. The summed E-state index contributed by atoms with van der Waals surface area (Å²) in [5, 5.41) is 0. The van der Waals surface area contributed by atoms with Gasteiger partial charge in [0.15, 0.2) is 0 Å². The third-order valence-corrected chi connectivity index (χ3v) is 5.31. The van der Waals surface area contributed by atoms with Gasteiger partial charge in [-0.2, -0.15) is 0 Å². The van der Waals surface area contributed by atoms with E-state index in [1.165, 1.54) is 25.7 Å². The van der Waals surface area contributed by atoms with Gasteiger partial charge in [-0.05, 0) is 0 Å². The summed E-state index contributed by atoms with van der Waals surface area (Å²) in [5.41, 5.74) is 0. The van der Waals surface area contributed by atoms with Gasteiger partial charge in [-0.25, -0.2) is 0 Å². The van der Waals surface area contributed by atoms with Crippen molar-refractivity contribution >= 4 is 9.80 Å². The van der Waals surface area contributed by atoms with E-state index in [1.807, 2.05) is 0 Å². The SMILES string of the molecule is S[I-]C1CCCC1. The van der Waals surface area contributed by atoms with E-state index in [0.717, 1.165) is 3.92 Å². The fraction of sp³-hybridized carbons (Fsp3) is 1.00. The summed E-state index contributed by atoms with van der Waals surface area (Å²) in [6.07, 6.45) is 5.92. The van der Waals surface area contributed by atoms with Crippen molar-refractivity contribution in [3.05, 3.63) is 0 Å². The van der Waals surface area contributed by atoms with Gasteiger partial charge in [0.2, 0.25) is 0 Å². The van der Waals surface area contributed by atoms with Gasteiger partial charge < -0.3 is 0 Å². The first kappa shape index (κ1) is 6.20. The Balaban J connectivity index is 2.14. The van der Waals surface area contributed by atoms with Crippen LogP contribution in [0.5, 0.6) is 0 Å². The second-order valence-corrected chi connectivity index (χ2v) is 5.61. The van der Waals surface area contributed by atoms with Crippen LogP contribution in [0.3, 0.4) is 0 Å². The van der Waals surface area contributed by atoms with Crippen LogP contribution in [0, 0.1) is 0 Å². The van der Waals surface area contributed by atoms with Crippen LogP contribution in [0.2, 0.25) is 0 Å². The second kappa shape index (κ2) is 3.17. The molecule has 0 unspecified atom stereocenters. The minimum atomic E-state index is 0.298. The zero-order valence-corrected chi connectivity index (χ0v) is 7.28. The maximum atomic E-state index is 4.33. The molecule has 0 heterocycles. The van der Waals surface area contributed by atoms with Crippen molar-refractivity contribution in [2.24, 2.45) is 0 Å². The molecule has 0 N–H and O–H groups in total. The molecule has 0 atom stereocenters. The second-order valence-electron chi connectivity index (χ2n) is 1.98. The van der Waals surface area contributed by atoms with E-state index < -0.39 is 0 Å². The molecule has 0 radical (unpaired) electrons. The normalized spacial score (nSPS) is 24.1. The van der Waals surface area contributed by atoms with Crippen LogP contribution in [-0.2, 0) is 0 Å². The summed E-state index contributed by atoms with van der Waals surface area (Å²) >= 11 is 0.298. The molecular formula is C5H10IS-. The molecule has 0 saturated heterocycles. The molecule has 44 valence electrons. The van der Waals surface area contributed by atoms with Crippen LogP contribution >= 0.6 is 9.80 Å². The number of rotatable bonds is 1. The van der Waals surface area contributed by atoms with E-state index in [-0.39, 0.29) is 0 Å². The number of alkyl halides is 1.